The topological polar surface area (TPSA) is 278 Å². The Morgan fingerprint density at radius 1 is 0.875 bits per heavy atom. The summed E-state index contributed by atoms with van der Waals surface area (Å²) in [4.78, 5) is 117. The van der Waals surface area contributed by atoms with E-state index in [1.165, 1.54) is 4.57 Å². The number of nitrogens with two attached hydrogens (primary N) is 2. The van der Waals surface area contributed by atoms with Gasteiger partial charge in [0.05, 0.1) is 11.0 Å². The number of aromatic nitrogens is 2. The molecule has 386 valence electrons. The lowest BCUT2D eigenvalue weighted by Crippen LogP contribution is -2.60. The largest absolute Gasteiger partial charge is 0.490 e. The number of aryl methyl sites for hydroxylation is 1. The Hall–Kier alpha value is -7.10. The fourth-order valence-corrected chi connectivity index (χ4v) is 10.6. The minimum Gasteiger partial charge on any atom is -0.475 e. The molecule has 19 nitrogen and oxygen atoms in total. The number of benzene rings is 3. The van der Waals surface area contributed by atoms with Crippen LogP contribution in [-0.2, 0) is 58.4 Å². The zero-order valence-corrected chi connectivity index (χ0v) is 39.8. The standard InChI is InChI=1S/C48H59N9O8.C2HF3O2/c1-54-40-24-30(13-16-37(40)57(48(54)65)39-18-20-42(59)53-46(39)63)23-28-9-11-29(12-10-28)25-43(60)55-22-21-33-14-17-38(56(33)47(64)35(49)27-55)45(62)52-36(15-19-41(50)58)44(61)51-26-32-7-4-6-31-5-2-3-8-34(31)32;3-2(4,5)1(6)7/h2-8,13,16,24,28-29,33,35-36,38-39H,9-12,14-15,17-23,25-27,49H2,1H3,(H2,50,58)(H,51,61)(H,52,62)(H,53,59,63);(H,6,7)/t28?,29?,33-,35+,36+,38+,39?;/m1./s1. The van der Waals surface area contributed by atoms with Gasteiger partial charge in [-0.3, -0.25) is 48.0 Å². The van der Waals surface area contributed by atoms with Crippen LogP contribution in [-0.4, -0.2) is 115 Å². The molecule has 0 radical (unpaired) electrons. The maximum absolute atomic E-state index is 13.9. The first-order chi connectivity index (χ1) is 34.2. The first kappa shape index (κ1) is 52.7. The molecule has 3 aromatic carbocycles. The van der Waals surface area contributed by atoms with Gasteiger partial charge in [0.25, 0.3) is 0 Å². The third-order valence-electron chi connectivity index (χ3n) is 14.4. The quantitative estimate of drug-likeness (QED) is 0.106. The minimum absolute atomic E-state index is 0.00492. The molecule has 8 rings (SSSR count). The number of carbonyl (C=O) groups is 8. The van der Waals surface area contributed by atoms with Crippen LogP contribution in [0, 0.1) is 11.8 Å². The van der Waals surface area contributed by atoms with Crippen LogP contribution in [0.5, 0.6) is 0 Å². The number of rotatable bonds is 13. The molecule has 4 fully saturated rings. The fraction of sp³-hybridized carbons (Fsp3) is 0.500. The average Bonchev–Trinajstić information content (AvgIpc) is 3.87. The van der Waals surface area contributed by atoms with Crippen molar-refractivity contribution in [1.29, 1.82) is 0 Å². The first-order valence-corrected chi connectivity index (χ1v) is 24.2. The van der Waals surface area contributed by atoms with Crippen molar-refractivity contribution in [1.82, 2.24) is 34.9 Å². The number of carboxylic acids is 1. The number of nitrogens with one attached hydrogen (secondary N) is 3. The van der Waals surface area contributed by atoms with E-state index in [0.717, 1.165) is 59.5 Å². The highest BCUT2D eigenvalue weighted by Crippen LogP contribution is 2.35. The summed E-state index contributed by atoms with van der Waals surface area (Å²) in [5.74, 6) is -4.96. The Bertz CT molecular complexity index is 2800. The number of halogens is 3. The van der Waals surface area contributed by atoms with Gasteiger partial charge in [-0.15, -0.1) is 0 Å². The van der Waals surface area contributed by atoms with Crippen LogP contribution >= 0.6 is 0 Å². The SMILES string of the molecule is Cn1c(=O)n(C2CCC(=O)NC2=O)c2ccc(CC3CCC(CC(=O)N4CC[C@H]5CC[C@@H](C(=O)N[C@@H](CCC(N)=O)C(=O)NCc6cccc7ccccc67)N5C(=O)[C@@H](N)C4)CC3)cc21.O=C(O)C(F)(F)F. The van der Waals surface area contributed by atoms with Gasteiger partial charge < -0.3 is 37.0 Å². The molecule has 4 aromatic rings. The van der Waals surface area contributed by atoms with Gasteiger partial charge in [0, 0.05) is 52.0 Å². The Morgan fingerprint density at radius 2 is 1.57 bits per heavy atom. The number of alkyl halides is 3. The summed E-state index contributed by atoms with van der Waals surface area (Å²) in [5, 5.41) is 17.2. The minimum atomic E-state index is -5.08. The second-order valence-corrected chi connectivity index (χ2v) is 19.2. The molecule has 3 aliphatic heterocycles. The highest BCUT2D eigenvalue weighted by atomic mass is 19.4. The molecule has 8 N–H and O–H groups in total. The number of hydrogen-bond donors (Lipinski definition) is 6. The highest BCUT2D eigenvalue weighted by Gasteiger charge is 2.45. The smallest absolute Gasteiger partial charge is 0.475 e. The second kappa shape index (κ2) is 22.5. The van der Waals surface area contributed by atoms with Crippen LogP contribution in [0.3, 0.4) is 0 Å². The molecule has 1 unspecified atom stereocenters. The summed E-state index contributed by atoms with van der Waals surface area (Å²) in [7, 11) is 1.69. The number of amides is 7. The van der Waals surface area contributed by atoms with Crippen molar-refractivity contribution in [2.75, 3.05) is 13.1 Å². The van der Waals surface area contributed by atoms with Gasteiger partial charge in [0.1, 0.15) is 24.2 Å². The van der Waals surface area contributed by atoms with Gasteiger partial charge in [-0.2, -0.15) is 13.2 Å². The number of aliphatic carboxylic acids is 1. The number of fused-ring (bicyclic) bond motifs is 3. The van der Waals surface area contributed by atoms with Crippen molar-refractivity contribution in [3.05, 3.63) is 82.3 Å². The number of imide groups is 1. The summed E-state index contributed by atoms with van der Waals surface area (Å²) in [6, 6.07) is 15.6. The Balaban J connectivity index is 0.00000101. The zero-order chi connectivity index (χ0) is 52.0. The number of primary amides is 1. The van der Waals surface area contributed by atoms with Crippen molar-refractivity contribution in [2.45, 2.75) is 126 Å². The lowest BCUT2D eigenvalue weighted by molar-refractivity contribution is -0.192. The molecule has 4 heterocycles. The number of nitrogens with zero attached hydrogens (tertiary/aromatic N) is 4. The third-order valence-corrected chi connectivity index (χ3v) is 14.4. The number of hydrogen-bond acceptors (Lipinski definition) is 10. The van der Waals surface area contributed by atoms with Crippen LogP contribution < -0.4 is 33.1 Å². The summed E-state index contributed by atoms with van der Waals surface area (Å²) >= 11 is 0. The summed E-state index contributed by atoms with van der Waals surface area (Å²) in [6.07, 6.45) is 1.50. The normalized spacial score (nSPS) is 23.0. The maximum Gasteiger partial charge on any atom is 0.490 e. The van der Waals surface area contributed by atoms with Gasteiger partial charge in [0.15, 0.2) is 0 Å². The molecular weight excluding hydrogens is 944 g/mol. The van der Waals surface area contributed by atoms with Gasteiger partial charge in [-0.05, 0) is 110 Å². The van der Waals surface area contributed by atoms with E-state index in [9.17, 15) is 51.5 Å². The van der Waals surface area contributed by atoms with E-state index >= 15 is 0 Å². The molecule has 1 aromatic heterocycles. The molecule has 1 aliphatic carbocycles. The van der Waals surface area contributed by atoms with Gasteiger partial charge in [-0.1, -0.05) is 48.5 Å². The molecule has 4 aliphatic rings. The zero-order valence-electron chi connectivity index (χ0n) is 39.8. The lowest BCUT2D eigenvalue weighted by Gasteiger charge is -2.38. The summed E-state index contributed by atoms with van der Waals surface area (Å²) in [6.45, 7) is 0.651. The molecule has 0 spiro atoms. The molecule has 3 saturated heterocycles. The van der Waals surface area contributed by atoms with Crippen LogP contribution in [0.4, 0.5) is 13.2 Å². The van der Waals surface area contributed by atoms with E-state index in [-0.39, 0.29) is 68.2 Å². The summed E-state index contributed by atoms with van der Waals surface area (Å²) in [5.41, 5.74) is 15.0. The summed E-state index contributed by atoms with van der Waals surface area (Å²) < 4.78 is 34.8. The van der Waals surface area contributed by atoms with E-state index in [4.69, 9.17) is 21.4 Å². The van der Waals surface area contributed by atoms with Gasteiger partial charge >= 0.3 is 17.8 Å². The van der Waals surface area contributed by atoms with Crippen LogP contribution in [0.1, 0.15) is 94.2 Å². The Morgan fingerprint density at radius 3 is 2.26 bits per heavy atom. The molecule has 72 heavy (non-hydrogen) atoms. The number of imidazole rings is 1. The molecule has 22 heteroatoms. The Kier molecular flexibility index (Phi) is 16.5. The van der Waals surface area contributed by atoms with E-state index in [1.54, 1.807) is 21.4 Å². The molecular formula is C50H60F3N9O10. The number of carboxylic acid groups (broad SMARTS) is 1. The average molecular weight is 1000 g/mol. The second-order valence-electron chi connectivity index (χ2n) is 19.2. The van der Waals surface area contributed by atoms with Crippen molar-refractivity contribution >= 4 is 69.1 Å². The molecule has 1 saturated carbocycles. The third kappa shape index (κ3) is 12.3. The molecule has 0 bridgehead atoms. The first-order valence-electron chi connectivity index (χ1n) is 24.2. The van der Waals surface area contributed by atoms with Crippen molar-refractivity contribution in [3.63, 3.8) is 0 Å². The predicted molar refractivity (Wildman–Crippen MR) is 255 cm³/mol. The van der Waals surface area contributed by atoms with E-state index in [2.05, 4.69) is 16.0 Å². The van der Waals surface area contributed by atoms with E-state index in [1.807, 2.05) is 60.7 Å². The van der Waals surface area contributed by atoms with Crippen molar-refractivity contribution < 1.29 is 56.6 Å². The monoisotopic (exact) mass is 1000 g/mol. The van der Waals surface area contributed by atoms with Crippen LogP contribution in [0.15, 0.2) is 65.5 Å². The van der Waals surface area contributed by atoms with Crippen molar-refractivity contribution in [2.24, 2.45) is 30.4 Å². The Labute approximate surface area is 411 Å². The van der Waals surface area contributed by atoms with Crippen LogP contribution in [0.25, 0.3) is 21.8 Å². The van der Waals surface area contributed by atoms with E-state index in [0.29, 0.717) is 43.7 Å². The predicted octanol–water partition coefficient (Wildman–Crippen LogP) is 2.83. The van der Waals surface area contributed by atoms with Gasteiger partial charge in [0.2, 0.25) is 41.4 Å². The fourth-order valence-electron chi connectivity index (χ4n) is 10.6. The van der Waals surface area contributed by atoms with Gasteiger partial charge in [-0.25, -0.2) is 9.59 Å². The highest BCUT2D eigenvalue weighted by molar-refractivity contribution is 6.00. The molecule has 7 amide bonds. The van der Waals surface area contributed by atoms with Crippen molar-refractivity contribution in [3.8, 4) is 0 Å². The maximum atomic E-state index is 13.9. The number of piperidine rings is 1. The number of carbonyl (C=O) groups excluding carboxylic acids is 7. The van der Waals surface area contributed by atoms with E-state index < -0.39 is 65.8 Å². The lowest BCUT2D eigenvalue weighted by atomic mass is 9.78. The van der Waals surface area contributed by atoms with Crippen LogP contribution in [0.2, 0.25) is 0 Å². The molecule has 5 atom stereocenters.